The first-order valence-corrected chi connectivity index (χ1v) is 6.82. The summed E-state index contributed by atoms with van der Waals surface area (Å²) in [5.74, 6) is -1.68. The molecule has 0 saturated carbocycles. The quantitative estimate of drug-likeness (QED) is 0.647. The molecule has 0 aliphatic carbocycles. The van der Waals surface area contributed by atoms with E-state index < -0.39 is 11.9 Å². The van der Waals surface area contributed by atoms with Crippen LogP contribution in [0.5, 0.6) is 0 Å². The van der Waals surface area contributed by atoms with Crippen molar-refractivity contribution < 1.29 is 19.4 Å². The van der Waals surface area contributed by atoms with E-state index in [4.69, 9.17) is 4.74 Å². The summed E-state index contributed by atoms with van der Waals surface area (Å²) < 4.78 is 4.87. The molecule has 0 bridgehead atoms. The second-order valence-electron chi connectivity index (χ2n) is 3.66. The minimum Gasteiger partial charge on any atom is -0.478 e. The van der Waals surface area contributed by atoms with Crippen LogP contribution < -0.4 is 0 Å². The van der Waals surface area contributed by atoms with E-state index in [-0.39, 0.29) is 17.7 Å². The fourth-order valence-corrected chi connectivity index (χ4v) is 1.98. The molecule has 1 aromatic carbocycles. The highest BCUT2D eigenvalue weighted by Crippen LogP contribution is 2.18. The lowest BCUT2D eigenvalue weighted by Gasteiger charge is -2.10. The molecule has 0 heterocycles. The van der Waals surface area contributed by atoms with Crippen LogP contribution in [0, 0.1) is 0 Å². The maximum atomic E-state index is 11.7. The first-order valence-electron chi connectivity index (χ1n) is 5.70. The van der Waals surface area contributed by atoms with Gasteiger partial charge in [0.25, 0.3) is 0 Å². The van der Waals surface area contributed by atoms with Gasteiger partial charge in [-0.15, -0.1) is 0 Å². The fourth-order valence-electron chi connectivity index (χ4n) is 1.70. The number of aromatic carboxylic acids is 1. The third kappa shape index (κ3) is 3.57. The monoisotopic (exact) mass is 314 g/mol. The maximum Gasteiger partial charge on any atom is 0.339 e. The van der Waals surface area contributed by atoms with E-state index in [9.17, 15) is 14.7 Å². The fraction of sp³-hybridized carbons (Fsp3) is 0.385. The first kappa shape index (κ1) is 14.7. The highest BCUT2D eigenvalue weighted by Gasteiger charge is 2.20. The van der Waals surface area contributed by atoms with Crippen molar-refractivity contribution in [1.82, 2.24) is 0 Å². The number of carbonyl (C=O) groups is 2. The Bertz CT molecular complexity index is 443. The molecule has 0 aliphatic heterocycles. The summed E-state index contributed by atoms with van der Waals surface area (Å²) in [6.45, 7) is 1.91. The Kier molecular flexibility index (Phi) is 5.85. The molecule has 5 heteroatoms. The SMILES string of the molecule is CCOC(=O)c1cccc(CCCBr)c1C(=O)O. The Labute approximate surface area is 114 Å². The van der Waals surface area contributed by atoms with E-state index in [0.717, 1.165) is 11.8 Å². The van der Waals surface area contributed by atoms with Gasteiger partial charge in [0.1, 0.15) is 0 Å². The number of ether oxygens (including phenoxy) is 1. The molecule has 1 N–H and O–H groups in total. The average Bonchev–Trinajstić information content (AvgIpc) is 2.35. The van der Waals surface area contributed by atoms with Gasteiger partial charge in [-0.2, -0.15) is 0 Å². The van der Waals surface area contributed by atoms with Crippen LogP contribution in [0.3, 0.4) is 0 Å². The number of aryl methyl sites for hydroxylation is 1. The molecule has 18 heavy (non-hydrogen) atoms. The minimum atomic E-state index is -1.09. The summed E-state index contributed by atoms with van der Waals surface area (Å²) in [7, 11) is 0. The van der Waals surface area contributed by atoms with Gasteiger partial charge in [-0.25, -0.2) is 9.59 Å². The van der Waals surface area contributed by atoms with Crippen LogP contribution in [-0.4, -0.2) is 29.0 Å². The molecule has 0 spiro atoms. The molecular weight excluding hydrogens is 300 g/mol. The third-order valence-electron chi connectivity index (χ3n) is 2.44. The first-order chi connectivity index (χ1) is 8.61. The van der Waals surface area contributed by atoms with Gasteiger partial charge in [-0.05, 0) is 31.4 Å². The number of hydrogen-bond donors (Lipinski definition) is 1. The Balaban J connectivity index is 3.17. The Morgan fingerprint density at radius 3 is 2.67 bits per heavy atom. The van der Waals surface area contributed by atoms with Crippen molar-refractivity contribution in [3.8, 4) is 0 Å². The number of carbonyl (C=O) groups excluding carboxylic acids is 1. The van der Waals surface area contributed by atoms with E-state index in [2.05, 4.69) is 15.9 Å². The average molecular weight is 315 g/mol. The van der Waals surface area contributed by atoms with Gasteiger partial charge in [0.05, 0.1) is 17.7 Å². The van der Waals surface area contributed by atoms with Crippen LogP contribution in [0.2, 0.25) is 0 Å². The number of benzene rings is 1. The Morgan fingerprint density at radius 2 is 2.11 bits per heavy atom. The molecule has 0 aliphatic rings. The Hall–Kier alpha value is -1.36. The van der Waals surface area contributed by atoms with Gasteiger partial charge in [-0.1, -0.05) is 28.1 Å². The molecule has 4 nitrogen and oxygen atoms in total. The molecule has 0 amide bonds. The highest BCUT2D eigenvalue weighted by atomic mass is 79.9. The molecule has 0 unspecified atom stereocenters. The third-order valence-corrected chi connectivity index (χ3v) is 3.00. The van der Waals surface area contributed by atoms with E-state index >= 15 is 0 Å². The normalized spacial score (nSPS) is 10.1. The van der Waals surface area contributed by atoms with Crippen LogP contribution >= 0.6 is 15.9 Å². The van der Waals surface area contributed by atoms with Crippen LogP contribution in [0.1, 0.15) is 39.6 Å². The summed E-state index contributed by atoms with van der Waals surface area (Å²) in [4.78, 5) is 23.0. The largest absolute Gasteiger partial charge is 0.478 e. The number of alkyl halides is 1. The zero-order valence-electron chi connectivity index (χ0n) is 10.1. The van der Waals surface area contributed by atoms with Crippen molar-refractivity contribution in [2.45, 2.75) is 19.8 Å². The second kappa shape index (κ2) is 7.16. The standard InChI is InChI=1S/C13H15BrO4/c1-2-18-13(17)10-7-3-5-9(6-4-8-14)11(10)12(15)16/h3,5,7H,2,4,6,8H2,1H3,(H,15,16). The van der Waals surface area contributed by atoms with Crippen LogP contribution in [-0.2, 0) is 11.2 Å². The van der Waals surface area contributed by atoms with Crippen molar-refractivity contribution in [2.24, 2.45) is 0 Å². The van der Waals surface area contributed by atoms with Crippen molar-refractivity contribution in [2.75, 3.05) is 11.9 Å². The molecule has 1 rings (SSSR count). The van der Waals surface area contributed by atoms with Gasteiger partial charge in [0.15, 0.2) is 0 Å². The smallest absolute Gasteiger partial charge is 0.339 e. The predicted octanol–water partition coefficient (Wildman–Crippen LogP) is 2.89. The van der Waals surface area contributed by atoms with Crippen molar-refractivity contribution in [1.29, 1.82) is 0 Å². The Morgan fingerprint density at radius 1 is 1.39 bits per heavy atom. The van der Waals surface area contributed by atoms with Gasteiger partial charge in [0, 0.05) is 5.33 Å². The van der Waals surface area contributed by atoms with E-state index in [0.29, 0.717) is 12.0 Å². The summed E-state index contributed by atoms with van der Waals surface area (Å²) >= 11 is 3.30. The van der Waals surface area contributed by atoms with Gasteiger partial charge in [-0.3, -0.25) is 0 Å². The zero-order valence-corrected chi connectivity index (χ0v) is 11.7. The molecule has 0 saturated heterocycles. The van der Waals surface area contributed by atoms with Gasteiger partial charge < -0.3 is 9.84 Å². The number of carboxylic acids is 1. The van der Waals surface area contributed by atoms with Gasteiger partial charge >= 0.3 is 11.9 Å². The van der Waals surface area contributed by atoms with Crippen molar-refractivity contribution in [3.63, 3.8) is 0 Å². The van der Waals surface area contributed by atoms with Crippen molar-refractivity contribution in [3.05, 3.63) is 34.9 Å². The van der Waals surface area contributed by atoms with E-state index in [1.165, 1.54) is 6.07 Å². The number of carboxylic acid groups (broad SMARTS) is 1. The second-order valence-corrected chi connectivity index (χ2v) is 4.45. The summed E-state index contributed by atoms with van der Waals surface area (Å²) in [6, 6.07) is 4.90. The lowest BCUT2D eigenvalue weighted by Crippen LogP contribution is -2.14. The molecule has 0 radical (unpaired) electrons. The lowest BCUT2D eigenvalue weighted by atomic mass is 9.98. The summed E-state index contributed by atoms with van der Waals surface area (Å²) in [6.07, 6.45) is 1.42. The highest BCUT2D eigenvalue weighted by molar-refractivity contribution is 9.09. The number of halogens is 1. The lowest BCUT2D eigenvalue weighted by molar-refractivity contribution is 0.0514. The van der Waals surface area contributed by atoms with Crippen LogP contribution in [0.15, 0.2) is 18.2 Å². The molecule has 0 atom stereocenters. The molecular formula is C13H15BrO4. The van der Waals surface area contributed by atoms with E-state index in [1.54, 1.807) is 19.1 Å². The number of hydrogen-bond acceptors (Lipinski definition) is 3. The van der Waals surface area contributed by atoms with Crippen LogP contribution in [0.4, 0.5) is 0 Å². The molecule has 0 aromatic heterocycles. The minimum absolute atomic E-state index is 0.0527. The molecule has 1 aromatic rings. The number of esters is 1. The van der Waals surface area contributed by atoms with Crippen LogP contribution in [0.25, 0.3) is 0 Å². The number of rotatable bonds is 6. The zero-order chi connectivity index (χ0) is 13.5. The summed E-state index contributed by atoms with van der Waals surface area (Å²) in [5, 5.41) is 10.0. The molecule has 0 fully saturated rings. The topological polar surface area (TPSA) is 63.6 Å². The summed E-state index contributed by atoms with van der Waals surface area (Å²) in [5.41, 5.74) is 0.834. The van der Waals surface area contributed by atoms with E-state index in [1.807, 2.05) is 0 Å². The van der Waals surface area contributed by atoms with Crippen molar-refractivity contribution >= 4 is 27.9 Å². The molecule has 98 valence electrons. The van der Waals surface area contributed by atoms with Gasteiger partial charge in [0.2, 0.25) is 0 Å². The predicted molar refractivity (Wildman–Crippen MR) is 71.5 cm³/mol. The maximum absolute atomic E-state index is 11.7.